The highest BCUT2D eigenvalue weighted by Crippen LogP contribution is 2.43. The van der Waals surface area contributed by atoms with E-state index in [1.54, 1.807) is 19.1 Å². The lowest BCUT2D eigenvalue weighted by molar-refractivity contribution is -0.142. The molecule has 0 saturated heterocycles. The summed E-state index contributed by atoms with van der Waals surface area (Å²) in [5.74, 6) is 2.99. The SMILES string of the molecule is CC#Cn1nc(-c2ccc(S(C)(=O)=O)cc2)c(-c2ccc(OC)c(C)c2)c1C(F)(F)F. The van der Waals surface area contributed by atoms with Crippen molar-refractivity contribution in [3.8, 4) is 40.1 Å². The third kappa shape index (κ3) is 4.44. The second-order valence-corrected chi connectivity index (χ2v) is 8.84. The predicted molar refractivity (Wildman–Crippen MR) is 111 cm³/mol. The standard InChI is InChI=1S/C22H19F3N2O3S/c1-5-12-27-21(22(23,24)25)19(16-8-11-18(30-3)14(2)13-16)20(26-27)15-6-9-17(10-7-15)31(4,28)29/h6-11,13H,1-4H3. The third-order valence-corrected chi connectivity index (χ3v) is 5.74. The van der Waals surface area contributed by atoms with Crippen LogP contribution in [-0.4, -0.2) is 31.6 Å². The zero-order valence-electron chi connectivity index (χ0n) is 17.2. The fraction of sp³-hybridized carbons (Fsp3) is 0.227. The van der Waals surface area contributed by atoms with Gasteiger partial charge in [-0.2, -0.15) is 23.0 Å². The van der Waals surface area contributed by atoms with E-state index in [-0.39, 0.29) is 21.7 Å². The molecule has 162 valence electrons. The third-order valence-electron chi connectivity index (χ3n) is 4.61. The summed E-state index contributed by atoms with van der Waals surface area (Å²) in [7, 11) is -1.98. The smallest absolute Gasteiger partial charge is 0.434 e. The van der Waals surface area contributed by atoms with E-state index >= 15 is 0 Å². The number of alkyl halides is 3. The van der Waals surface area contributed by atoms with Gasteiger partial charge in [-0.1, -0.05) is 24.1 Å². The van der Waals surface area contributed by atoms with Gasteiger partial charge in [-0.05, 0) is 49.2 Å². The summed E-state index contributed by atoms with van der Waals surface area (Å²) in [6.45, 7) is 3.14. The number of ether oxygens (including phenoxy) is 1. The molecule has 0 saturated carbocycles. The number of sulfone groups is 1. The molecule has 0 N–H and O–H groups in total. The molecular weight excluding hydrogens is 429 g/mol. The first-order chi connectivity index (χ1) is 14.5. The molecule has 0 amide bonds. The van der Waals surface area contributed by atoms with Crippen molar-refractivity contribution in [2.45, 2.75) is 24.9 Å². The molecule has 0 spiro atoms. The molecule has 0 aliphatic rings. The average molecular weight is 448 g/mol. The van der Waals surface area contributed by atoms with Crippen LogP contribution in [0.15, 0.2) is 47.4 Å². The molecule has 3 rings (SSSR count). The first-order valence-electron chi connectivity index (χ1n) is 9.06. The van der Waals surface area contributed by atoms with E-state index in [2.05, 4.69) is 17.1 Å². The summed E-state index contributed by atoms with van der Waals surface area (Å²) in [6, 6.07) is 12.6. The maximum absolute atomic E-state index is 14.1. The van der Waals surface area contributed by atoms with E-state index in [0.29, 0.717) is 21.6 Å². The minimum absolute atomic E-state index is 0.0414. The highest BCUT2D eigenvalue weighted by molar-refractivity contribution is 7.90. The molecule has 31 heavy (non-hydrogen) atoms. The Labute approximate surface area is 178 Å². The predicted octanol–water partition coefficient (Wildman–Crippen LogP) is 4.79. The Balaban J connectivity index is 2.35. The van der Waals surface area contributed by atoms with Crippen LogP contribution in [0.25, 0.3) is 22.4 Å². The molecule has 1 heterocycles. The topological polar surface area (TPSA) is 61.2 Å². The van der Waals surface area contributed by atoms with Crippen LogP contribution in [-0.2, 0) is 16.0 Å². The molecule has 1 aromatic heterocycles. The summed E-state index contributed by atoms with van der Waals surface area (Å²) < 4.78 is 71.6. The maximum Gasteiger partial charge on any atom is 0.434 e. The van der Waals surface area contributed by atoms with Crippen LogP contribution in [0.3, 0.4) is 0 Å². The van der Waals surface area contributed by atoms with Crippen LogP contribution in [0.2, 0.25) is 0 Å². The van der Waals surface area contributed by atoms with Gasteiger partial charge in [-0.15, -0.1) is 0 Å². The zero-order chi connectivity index (χ0) is 23.0. The van der Waals surface area contributed by atoms with Crippen molar-refractivity contribution in [1.29, 1.82) is 0 Å². The normalized spacial score (nSPS) is 11.7. The Kier molecular flexibility index (Phi) is 5.87. The van der Waals surface area contributed by atoms with Gasteiger partial charge in [0.25, 0.3) is 0 Å². The Morgan fingerprint density at radius 2 is 1.68 bits per heavy atom. The van der Waals surface area contributed by atoms with Crippen LogP contribution >= 0.6 is 0 Å². The average Bonchev–Trinajstić information content (AvgIpc) is 3.07. The van der Waals surface area contributed by atoms with Gasteiger partial charge in [0.05, 0.1) is 12.0 Å². The number of hydrogen-bond acceptors (Lipinski definition) is 4. The van der Waals surface area contributed by atoms with Gasteiger partial charge in [-0.25, -0.2) is 8.42 Å². The van der Waals surface area contributed by atoms with E-state index in [0.717, 1.165) is 6.26 Å². The molecule has 0 aliphatic carbocycles. The van der Waals surface area contributed by atoms with Crippen molar-refractivity contribution in [3.05, 3.63) is 53.7 Å². The van der Waals surface area contributed by atoms with Crippen molar-refractivity contribution in [2.24, 2.45) is 0 Å². The van der Waals surface area contributed by atoms with Crippen molar-refractivity contribution in [1.82, 2.24) is 9.78 Å². The van der Waals surface area contributed by atoms with Crippen LogP contribution in [0.4, 0.5) is 13.2 Å². The number of halogens is 3. The molecule has 5 nitrogen and oxygen atoms in total. The van der Waals surface area contributed by atoms with Gasteiger partial charge in [0, 0.05) is 23.4 Å². The van der Waals surface area contributed by atoms with Crippen molar-refractivity contribution >= 4 is 9.84 Å². The summed E-state index contributed by atoms with van der Waals surface area (Å²) in [4.78, 5) is 0.0573. The van der Waals surface area contributed by atoms with Gasteiger partial charge in [-0.3, -0.25) is 0 Å². The number of methoxy groups -OCH3 is 1. The number of aryl methyl sites for hydroxylation is 1. The number of rotatable bonds is 4. The summed E-state index contributed by atoms with van der Waals surface area (Å²) >= 11 is 0. The van der Waals surface area contributed by atoms with Gasteiger partial charge < -0.3 is 4.74 Å². The summed E-state index contributed by atoms with van der Waals surface area (Å²) in [5, 5.41) is 4.12. The van der Waals surface area contributed by atoms with Crippen LogP contribution in [0.5, 0.6) is 5.75 Å². The van der Waals surface area contributed by atoms with Crippen LogP contribution < -0.4 is 4.74 Å². The lowest BCUT2D eigenvalue weighted by Gasteiger charge is -2.12. The van der Waals surface area contributed by atoms with Crippen molar-refractivity contribution < 1.29 is 26.3 Å². The molecule has 0 aliphatic heterocycles. The first-order valence-corrected chi connectivity index (χ1v) is 10.9. The van der Waals surface area contributed by atoms with E-state index in [4.69, 9.17) is 4.74 Å². The molecule has 0 unspecified atom stereocenters. The second kappa shape index (κ2) is 8.12. The van der Waals surface area contributed by atoms with Gasteiger partial charge >= 0.3 is 6.18 Å². The molecule has 9 heteroatoms. The quantitative estimate of drug-likeness (QED) is 0.539. The summed E-state index contributed by atoms with van der Waals surface area (Å²) in [6.07, 6.45) is -3.67. The van der Waals surface area contributed by atoms with Crippen LogP contribution in [0, 0.1) is 18.9 Å². The van der Waals surface area contributed by atoms with Gasteiger partial charge in [0.1, 0.15) is 11.4 Å². The Morgan fingerprint density at radius 1 is 1.06 bits per heavy atom. The van der Waals surface area contributed by atoms with E-state index < -0.39 is 21.7 Å². The van der Waals surface area contributed by atoms with E-state index in [1.807, 2.05) is 0 Å². The van der Waals surface area contributed by atoms with Crippen LogP contribution in [0.1, 0.15) is 18.2 Å². The Hall–Kier alpha value is -3.25. The highest BCUT2D eigenvalue weighted by Gasteiger charge is 2.41. The largest absolute Gasteiger partial charge is 0.496 e. The monoisotopic (exact) mass is 448 g/mol. The lowest BCUT2D eigenvalue weighted by Crippen LogP contribution is -2.13. The summed E-state index contributed by atoms with van der Waals surface area (Å²) in [5.41, 5.74) is 0.164. The van der Waals surface area contributed by atoms with Gasteiger partial charge in [0.15, 0.2) is 15.5 Å². The van der Waals surface area contributed by atoms with Gasteiger partial charge in [0.2, 0.25) is 0 Å². The highest BCUT2D eigenvalue weighted by atomic mass is 32.2. The minimum atomic E-state index is -4.73. The molecular formula is C22H19F3N2O3S. The molecule has 0 fully saturated rings. The van der Waals surface area contributed by atoms with Crippen molar-refractivity contribution in [3.63, 3.8) is 0 Å². The first kappa shape index (κ1) is 22.4. The number of benzene rings is 2. The maximum atomic E-state index is 14.1. The lowest BCUT2D eigenvalue weighted by atomic mass is 9.97. The second-order valence-electron chi connectivity index (χ2n) is 6.82. The van der Waals surface area contributed by atoms with E-state index in [1.165, 1.54) is 44.4 Å². The molecule has 2 aromatic carbocycles. The van der Waals surface area contributed by atoms with Crippen molar-refractivity contribution in [2.75, 3.05) is 13.4 Å². The molecule has 0 bridgehead atoms. The Bertz CT molecular complexity index is 1300. The fourth-order valence-corrected chi connectivity index (χ4v) is 3.87. The minimum Gasteiger partial charge on any atom is -0.496 e. The zero-order valence-corrected chi connectivity index (χ0v) is 18.0. The Morgan fingerprint density at radius 3 is 2.16 bits per heavy atom. The van der Waals surface area contributed by atoms with E-state index in [9.17, 15) is 21.6 Å². The fourth-order valence-electron chi connectivity index (χ4n) is 3.24. The number of hydrogen-bond donors (Lipinski definition) is 0. The molecule has 0 radical (unpaired) electrons. The molecule has 3 aromatic rings. The molecule has 0 atom stereocenters. The number of aromatic nitrogens is 2. The number of nitrogens with zero attached hydrogens (tertiary/aromatic N) is 2.